The third kappa shape index (κ3) is 13.0. The molecule has 0 fully saturated rings. The van der Waals surface area contributed by atoms with Crippen LogP contribution >= 0.6 is 0 Å². The van der Waals surface area contributed by atoms with Crippen LogP contribution in [0.2, 0.25) is 0 Å². The zero-order valence-electron chi connectivity index (χ0n) is 37.1. The zero-order valence-corrected chi connectivity index (χ0v) is 37.1. The third-order valence-electron chi connectivity index (χ3n) is 10.7. The van der Waals surface area contributed by atoms with E-state index in [0.29, 0.717) is 31.5 Å². The lowest BCUT2D eigenvalue weighted by Crippen LogP contribution is -2.48. The summed E-state index contributed by atoms with van der Waals surface area (Å²) in [7, 11) is -2.23. The van der Waals surface area contributed by atoms with Gasteiger partial charge in [-0.1, -0.05) is 143 Å². The quantitative estimate of drug-likeness (QED) is 0.0421. The Balaban J connectivity index is 0.000000181. The minimum absolute atomic E-state index is 0.159. The predicted octanol–water partition coefficient (Wildman–Crippen LogP) is 8.95. The maximum absolute atomic E-state index is 10.7. The van der Waals surface area contributed by atoms with Crippen LogP contribution in [0, 0.1) is 0 Å². The van der Waals surface area contributed by atoms with Crippen molar-refractivity contribution in [3.05, 3.63) is 216 Å². The average molecular weight is 829 g/mol. The van der Waals surface area contributed by atoms with E-state index in [4.69, 9.17) is 14.3 Å². The summed E-state index contributed by atoms with van der Waals surface area (Å²) in [5, 5.41) is 21.4. The van der Waals surface area contributed by atoms with E-state index >= 15 is 0 Å². The molecular weight excluding hydrogens is 767 g/mol. The highest BCUT2D eigenvalue weighted by Gasteiger charge is 2.35. The van der Waals surface area contributed by atoms with E-state index in [1.165, 1.54) is 38.9 Å². The van der Waals surface area contributed by atoms with Crippen molar-refractivity contribution in [1.29, 1.82) is 0 Å². The second-order valence-electron chi connectivity index (χ2n) is 15.5. The van der Waals surface area contributed by atoms with Crippen LogP contribution in [-0.4, -0.2) is 27.1 Å². The Bertz CT molecular complexity index is 2110. The standard InChI is InChI=1S/C22H21BO3.2C16H20NO/c24-23(25)26-18-10-17-22(19-11-4-1-5-12-19,20-13-6-2-7-14-20)21-15-8-3-9-16-21;2*1-4-18-17-12-6-5-7-16(17)15-10-8-14(9-11-15)13(2)3/h1-9,11-16H,10,17-18H2;2*5-13H,4H2,1-3H3/q-2;2*+1. The number of pyridine rings is 2. The van der Waals surface area contributed by atoms with Crippen LogP contribution < -0.4 is 29.2 Å². The molecule has 0 bridgehead atoms. The van der Waals surface area contributed by atoms with Crippen LogP contribution in [0.1, 0.15) is 94.0 Å². The summed E-state index contributed by atoms with van der Waals surface area (Å²) < 4.78 is 8.38. The molecule has 0 aliphatic heterocycles. The Labute approximate surface area is 370 Å². The van der Waals surface area contributed by atoms with E-state index in [1.807, 2.05) is 115 Å². The summed E-state index contributed by atoms with van der Waals surface area (Å²) in [6.45, 7) is 14.3. The molecule has 2 aromatic heterocycles. The van der Waals surface area contributed by atoms with Gasteiger partial charge >= 0.3 is 0 Å². The molecule has 0 aliphatic carbocycles. The van der Waals surface area contributed by atoms with Crippen molar-refractivity contribution in [2.24, 2.45) is 0 Å². The molecule has 7 rings (SSSR count). The Morgan fingerprint density at radius 3 is 1.16 bits per heavy atom. The fourth-order valence-electron chi connectivity index (χ4n) is 7.50. The molecule has 7 nitrogen and oxygen atoms in total. The van der Waals surface area contributed by atoms with Crippen LogP contribution in [0.15, 0.2) is 188 Å². The summed E-state index contributed by atoms with van der Waals surface area (Å²) in [5.74, 6) is 1.13. The van der Waals surface area contributed by atoms with Crippen molar-refractivity contribution in [2.45, 2.75) is 71.6 Å². The van der Waals surface area contributed by atoms with Crippen LogP contribution in [-0.2, 0) is 10.1 Å². The highest BCUT2D eigenvalue weighted by atomic mass is 16.7. The van der Waals surface area contributed by atoms with Gasteiger partial charge in [-0.25, -0.2) is 0 Å². The molecule has 0 radical (unpaired) electrons. The van der Waals surface area contributed by atoms with E-state index in [0.717, 1.165) is 17.8 Å². The zero-order chi connectivity index (χ0) is 44.2. The van der Waals surface area contributed by atoms with E-state index in [1.54, 1.807) is 0 Å². The summed E-state index contributed by atoms with van der Waals surface area (Å²) in [4.78, 5) is 11.2. The Kier molecular flexibility index (Phi) is 18.5. The molecule has 8 heteroatoms. The topological polar surface area (TPSA) is 81.6 Å². The van der Waals surface area contributed by atoms with E-state index in [2.05, 4.69) is 125 Å². The second kappa shape index (κ2) is 24.4. The lowest BCUT2D eigenvalue weighted by atomic mass is 9.67. The first-order valence-corrected chi connectivity index (χ1v) is 21.8. The normalized spacial score (nSPS) is 10.9. The van der Waals surface area contributed by atoms with Gasteiger partial charge < -0.3 is 14.7 Å². The number of aromatic nitrogens is 2. The van der Waals surface area contributed by atoms with Gasteiger partial charge in [-0.05, 0) is 103 Å². The molecule has 0 aliphatic rings. The molecule has 0 saturated heterocycles. The smallest absolute Gasteiger partial charge is 0.264 e. The van der Waals surface area contributed by atoms with Crippen LogP contribution in [0.5, 0.6) is 0 Å². The van der Waals surface area contributed by atoms with Crippen LogP contribution in [0.4, 0.5) is 0 Å². The average Bonchev–Trinajstić information content (AvgIpc) is 3.31. The first-order chi connectivity index (χ1) is 30.2. The van der Waals surface area contributed by atoms with E-state index in [9.17, 15) is 10.0 Å². The summed E-state index contributed by atoms with van der Waals surface area (Å²) in [6.07, 6.45) is 5.22. The molecule has 7 aromatic rings. The minimum atomic E-state index is -2.23. The van der Waals surface area contributed by atoms with Crippen molar-refractivity contribution in [3.8, 4) is 22.5 Å². The monoisotopic (exact) mass is 828 g/mol. The maximum Gasteiger partial charge on any atom is 0.264 e. The van der Waals surface area contributed by atoms with Crippen molar-refractivity contribution in [2.75, 3.05) is 19.8 Å². The molecule has 0 atom stereocenters. The molecule has 320 valence electrons. The van der Waals surface area contributed by atoms with Gasteiger partial charge in [0.25, 0.3) is 11.4 Å². The van der Waals surface area contributed by atoms with E-state index < -0.39 is 7.32 Å². The largest absolute Gasteiger partial charge is 0.871 e. The molecule has 0 spiro atoms. The van der Waals surface area contributed by atoms with Gasteiger partial charge in [0.2, 0.25) is 12.4 Å². The van der Waals surface area contributed by atoms with Gasteiger partial charge in [-0.2, -0.15) is 0 Å². The molecule has 0 amide bonds. The van der Waals surface area contributed by atoms with Gasteiger partial charge in [0.15, 0.2) is 13.2 Å². The lowest BCUT2D eigenvalue weighted by molar-refractivity contribution is -0.882. The third-order valence-corrected chi connectivity index (χ3v) is 10.7. The Hall–Kier alpha value is -6.06. The number of hydrogen-bond acceptors (Lipinski definition) is 5. The van der Waals surface area contributed by atoms with Crippen molar-refractivity contribution >= 4 is 7.32 Å². The predicted molar refractivity (Wildman–Crippen MR) is 247 cm³/mol. The van der Waals surface area contributed by atoms with Crippen molar-refractivity contribution < 1.29 is 33.8 Å². The molecule has 0 N–H and O–H groups in total. The molecule has 62 heavy (non-hydrogen) atoms. The molecule has 0 unspecified atom stereocenters. The lowest BCUT2D eigenvalue weighted by Gasteiger charge is -2.37. The fourth-order valence-corrected chi connectivity index (χ4v) is 7.50. The van der Waals surface area contributed by atoms with Crippen LogP contribution in [0.25, 0.3) is 22.5 Å². The van der Waals surface area contributed by atoms with Crippen molar-refractivity contribution in [1.82, 2.24) is 0 Å². The minimum Gasteiger partial charge on any atom is -0.871 e. The first-order valence-electron chi connectivity index (χ1n) is 21.8. The van der Waals surface area contributed by atoms with Gasteiger partial charge in [0, 0.05) is 45.7 Å². The Morgan fingerprint density at radius 2 is 0.839 bits per heavy atom. The summed E-state index contributed by atoms with van der Waals surface area (Å²) in [6, 6.07) is 60.5. The Morgan fingerprint density at radius 1 is 0.484 bits per heavy atom. The van der Waals surface area contributed by atoms with Gasteiger partial charge in [0.05, 0.1) is 18.4 Å². The van der Waals surface area contributed by atoms with Gasteiger partial charge in [0.1, 0.15) is 0 Å². The number of benzene rings is 5. The number of nitrogens with zero attached hydrogens (tertiary/aromatic N) is 2. The van der Waals surface area contributed by atoms with Crippen molar-refractivity contribution in [3.63, 3.8) is 0 Å². The fraction of sp³-hybridized carbons (Fsp3) is 0.259. The summed E-state index contributed by atoms with van der Waals surface area (Å²) in [5.41, 5.74) is 10.4. The molecular formula is C54H61BN2O5. The van der Waals surface area contributed by atoms with Gasteiger partial charge in [-0.3, -0.25) is 9.68 Å². The van der Waals surface area contributed by atoms with Gasteiger partial charge in [-0.15, -0.1) is 0 Å². The number of hydrogen-bond donors (Lipinski definition) is 0. The maximum atomic E-state index is 10.7. The van der Waals surface area contributed by atoms with Crippen LogP contribution in [0.3, 0.4) is 0 Å². The molecule has 2 heterocycles. The van der Waals surface area contributed by atoms with E-state index in [-0.39, 0.29) is 12.0 Å². The SMILES string of the molecule is CCO[n+]1ccccc1-c1ccc(C(C)C)cc1.CCO[n+]1ccccc1-c1ccc(C(C)C)cc1.[O-]B([O-])OCCCC(c1ccccc1)(c1ccccc1)c1ccccc1. The number of rotatable bonds is 16. The highest BCUT2D eigenvalue weighted by Crippen LogP contribution is 2.43. The second-order valence-corrected chi connectivity index (χ2v) is 15.5. The molecule has 5 aromatic carbocycles. The highest BCUT2D eigenvalue weighted by molar-refractivity contribution is 6.28. The first kappa shape index (κ1) is 47.0. The molecule has 0 saturated carbocycles. The summed E-state index contributed by atoms with van der Waals surface area (Å²) >= 11 is 0.